The molecule has 0 radical (unpaired) electrons. The van der Waals surface area contributed by atoms with E-state index in [1.165, 1.54) is 4.90 Å². The average Bonchev–Trinajstić information content (AvgIpc) is 3.32. The molecule has 0 aliphatic carbocycles. The molecular weight excluding hydrogens is 663 g/mol. The van der Waals surface area contributed by atoms with Crippen molar-refractivity contribution in [1.29, 1.82) is 0 Å². The lowest BCUT2D eigenvalue weighted by atomic mass is 9.95. The molecule has 0 heterocycles. The van der Waals surface area contributed by atoms with Crippen LogP contribution in [0.2, 0.25) is 0 Å². The Morgan fingerprint density at radius 1 is 0.291 bits per heavy atom. The molecule has 10 aromatic rings. The van der Waals surface area contributed by atoms with Crippen LogP contribution in [0, 0.1) is 0 Å². The van der Waals surface area contributed by atoms with Gasteiger partial charge in [-0.05, 0) is 114 Å². The second kappa shape index (κ2) is 14.0. The molecule has 0 aliphatic rings. The van der Waals surface area contributed by atoms with E-state index in [1.807, 2.05) is 158 Å². The quantitative estimate of drug-likeness (QED) is 0.149. The lowest BCUT2D eigenvalue weighted by Gasteiger charge is -2.28. The van der Waals surface area contributed by atoms with Crippen molar-refractivity contribution < 1.29 is 11.0 Å². The average molecular weight is 708 g/mol. The van der Waals surface area contributed by atoms with Gasteiger partial charge in [0.1, 0.15) is 0 Å². The van der Waals surface area contributed by atoms with Gasteiger partial charge in [0.2, 0.25) is 0 Å². The van der Waals surface area contributed by atoms with E-state index >= 15 is 0 Å². The van der Waals surface area contributed by atoms with Crippen LogP contribution in [0.5, 0.6) is 0 Å². The number of benzene rings is 10. The molecule has 1 nitrogen and oxygen atoms in total. The van der Waals surface area contributed by atoms with Crippen LogP contribution in [0.3, 0.4) is 0 Å². The topological polar surface area (TPSA) is 3.24 Å². The summed E-state index contributed by atoms with van der Waals surface area (Å²) in [6, 6.07) is 53.1. The van der Waals surface area contributed by atoms with E-state index in [0.29, 0.717) is 22.4 Å². The Bertz CT molecular complexity index is 3390. The van der Waals surface area contributed by atoms with E-state index in [9.17, 15) is 11.0 Å². The summed E-state index contributed by atoms with van der Waals surface area (Å²) in [5.74, 6) is 0. The van der Waals surface area contributed by atoms with Crippen LogP contribution in [0.25, 0.3) is 76.8 Å². The molecule has 55 heavy (non-hydrogen) atoms. The van der Waals surface area contributed by atoms with Gasteiger partial charge in [-0.2, -0.15) is 0 Å². The van der Waals surface area contributed by atoms with Gasteiger partial charge in [0.15, 0.2) is 0 Å². The molecule has 0 aromatic heterocycles. The third-order valence-electron chi connectivity index (χ3n) is 10.2. The third kappa shape index (κ3) is 6.12. The number of hydrogen-bond acceptors (Lipinski definition) is 1. The second-order valence-corrected chi connectivity index (χ2v) is 13.5. The van der Waals surface area contributed by atoms with Gasteiger partial charge < -0.3 is 4.90 Å². The first-order valence-electron chi connectivity index (χ1n) is 22.3. The van der Waals surface area contributed by atoms with Gasteiger partial charge in [-0.15, -0.1) is 0 Å². The molecule has 1 heteroatoms. The fraction of sp³-hybridized carbons (Fsp3) is 0. The molecule has 10 aromatic carbocycles. The molecule has 0 saturated heterocycles. The zero-order valence-corrected chi connectivity index (χ0v) is 29.7. The highest BCUT2D eigenvalue weighted by atomic mass is 15.1. The van der Waals surface area contributed by atoms with Gasteiger partial charge in [-0.1, -0.05) is 182 Å². The first-order chi connectivity index (χ1) is 30.6. The monoisotopic (exact) mass is 707 g/mol. The number of hydrogen-bond donors (Lipinski definition) is 0. The number of nitrogens with zero attached hydrogens (tertiary/aromatic N) is 1. The summed E-state index contributed by atoms with van der Waals surface area (Å²) in [5, 5.41) is 6.14. The van der Waals surface area contributed by atoms with Crippen LogP contribution in [0.4, 0.5) is 17.1 Å². The highest BCUT2D eigenvalue weighted by Crippen LogP contribution is 2.42. The van der Waals surface area contributed by atoms with E-state index in [4.69, 9.17) is 0 Å². The van der Waals surface area contributed by atoms with E-state index < -0.39 is 24.2 Å². The van der Waals surface area contributed by atoms with Gasteiger partial charge in [0.25, 0.3) is 0 Å². The molecule has 0 spiro atoms. The molecule has 0 bridgehead atoms. The maximum absolute atomic E-state index is 9.66. The van der Waals surface area contributed by atoms with E-state index in [1.54, 1.807) is 18.2 Å². The SMILES string of the molecule is [2H]c1c([2H])c(N(c2ccccc2-c2ccccc2)c2c([2H])c([2H])c(-c3ccc4c(ccc5ccccc54)c3)c([2H])c2[2H])c([2H])c([2H])c1-c1cccc(-c2cccc3ccccc23)c1. The normalized spacial score (nSPS) is 13.3. The fourth-order valence-electron chi connectivity index (χ4n) is 7.50. The van der Waals surface area contributed by atoms with E-state index in [2.05, 4.69) is 0 Å². The van der Waals surface area contributed by atoms with Crippen molar-refractivity contribution in [3.8, 4) is 44.5 Å². The zero-order valence-electron chi connectivity index (χ0n) is 37.7. The maximum atomic E-state index is 9.66. The van der Waals surface area contributed by atoms with Gasteiger partial charge in [0.05, 0.1) is 16.7 Å². The van der Waals surface area contributed by atoms with Crippen LogP contribution in [0.15, 0.2) is 224 Å². The Hall–Kier alpha value is -7.22. The van der Waals surface area contributed by atoms with Crippen molar-refractivity contribution >= 4 is 49.4 Å². The summed E-state index contributed by atoms with van der Waals surface area (Å²) in [5.41, 5.74) is 4.41. The summed E-state index contributed by atoms with van der Waals surface area (Å²) in [6.45, 7) is 0. The van der Waals surface area contributed by atoms with Crippen molar-refractivity contribution in [2.75, 3.05) is 4.90 Å². The first-order valence-corrected chi connectivity index (χ1v) is 18.3. The minimum absolute atomic E-state index is 0.103. The third-order valence-corrected chi connectivity index (χ3v) is 10.2. The Balaban J connectivity index is 1.19. The zero-order chi connectivity index (χ0) is 43.5. The summed E-state index contributed by atoms with van der Waals surface area (Å²) in [7, 11) is 0. The minimum Gasteiger partial charge on any atom is -0.310 e. The molecule has 0 fully saturated rings. The first kappa shape index (κ1) is 24.9. The number of anilines is 3. The van der Waals surface area contributed by atoms with Crippen molar-refractivity contribution in [3.63, 3.8) is 0 Å². The predicted octanol–water partition coefficient (Wildman–Crippen LogP) is 15.3. The Morgan fingerprint density at radius 2 is 0.800 bits per heavy atom. The number of fused-ring (bicyclic) bond motifs is 4. The van der Waals surface area contributed by atoms with E-state index in [-0.39, 0.29) is 46.7 Å². The standard InChI is InChI=1S/C54H37N/c1-2-12-41(13-3-1)53-21-8-9-23-54(53)55(48-33-28-39(29-34-48)44-30-35-52-46(37-44)25-24-42-15-5-7-20-50(42)52)47-31-26-38(27-32-47)43-17-10-18-45(36-43)51-22-11-16-40-14-4-6-19-49(40)51/h1-37H/i26D,27D,28D,29D,31D,32D,33D,34D. The molecule has 10 rings (SSSR count). The molecule has 0 unspecified atom stereocenters. The Labute approximate surface area is 333 Å². The maximum Gasteiger partial charge on any atom is 0.0645 e. The van der Waals surface area contributed by atoms with Crippen LogP contribution >= 0.6 is 0 Å². The van der Waals surface area contributed by atoms with Gasteiger partial charge in [0, 0.05) is 16.9 Å². The highest BCUT2D eigenvalue weighted by molar-refractivity contribution is 6.08. The Morgan fingerprint density at radius 3 is 1.56 bits per heavy atom. The lowest BCUT2D eigenvalue weighted by molar-refractivity contribution is 1.28. The smallest absolute Gasteiger partial charge is 0.0645 e. The molecule has 0 N–H and O–H groups in total. The highest BCUT2D eigenvalue weighted by Gasteiger charge is 2.18. The molecular formula is C54H37N. The van der Waals surface area contributed by atoms with Gasteiger partial charge in [-0.25, -0.2) is 0 Å². The molecule has 0 atom stereocenters. The van der Waals surface area contributed by atoms with Crippen molar-refractivity contribution in [2.24, 2.45) is 0 Å². The van der Waals surface area contributed by atoms with Crippen molar-refractivity contribution in [1.82, 2.24) is 0 Å². The van der Waals surface area contributed by atoms with Crippen LogP contribution in [-0.2, 0) is 0 Å². The summed E-state index contributed by atoms with van der Waals surface area (Å²) in [4.78, 5) is 1.39. The summed E-state index contributed by atoms with van der Waals surface area (Å²) < 4.78 is 76.6. The minimum atomic E-state index is -0.396. The van der Waals surface area contributed by atoms with Gasteiger partial charge >= 0.3 is 0 Å². The van der Waals surface area contributed by atoms with Crippen LogP contribution in [0.1, 0.15) is 11.0 Å². The fourth-order valence-corrected chi connectivity index (χ4v) is 7.50. The molecule has 0 amide bonds. The second-order valence-electron chi connectivity index (χ2n) is 13.5. The van der Waals surface area contributed by atoms with Crippen LogP contribution in [-0.4, -0.2) is 0 Å². The largest absolute Gasteiger partial charge is 0.310 e. The van der Waals surface area contributed by atoms with Gasteiger partial charge in [-0.3, -0.25) is 0 Å². The molecule has 0 aliphatic heterocycles. The number of para-hydroxylation sites is 1. The summed E-state index contributed by atoms with van der Waals surface area (Å²) in [6.07, 6.45) is 0. The predicted molar refractivity (Wildman–Crippen MR) is 235 cm³/mol. The van der Waals surface area contributed by atoms with E-state index in [0.717, 1.165) is 49.0 Å². The lowest BCUT2D eigenvalue weighted by Crippen LogP contribution is -2.11. The number of rotatable bonds is 7. The molecule has 258 valence electrons. The Kier molecular flexibility index (Phi) is 6.33. The summed E-state index contributed by atoms with van der Waals surface area (Å²) >= 11 is 0. The van der Waals surface area contributed by atoms with Crippen molar-refractivity contribution in [2.45, 2.75) is 0 Å². The molecule has 0 saturated carbocycles. The van der Waals surface area contributed by atoms with Crippen molar-refractivity contribution in [3.05, 3.63) is 224 Å². The van der Waals surface area contributed by atoms with Crippen LogP contribution < -0.4 is 4.90 Å².